The minimum Gasteiger partial charge on any atom is -0.267 e. The Morgan fingerprint density at radius 1 is 1.22 bits per heavy atom. The van der Waals surface area contributed by atoms with E-state index in [1.165, 1.54) is 4.68 Å². The van der Waals surface area contributed by atoms with Crippen molar-refractivity contribution in [3.63, 3.8) is 0 Å². The molecule has 0 atom stereocenters. The smallest absolute Gasteiger partial charge is 0.267 e. The normalized spacial score (nSPS) is 10.7. The van der Waals surface area contributed by atoms with Crippen LogP contribution in [0, 0.1) is 20.8 Å². The lowest BCUT2D eigenvalue weighted by molar-refractivity contribution is 0.0941. The second-order valence-electron chi connectivity index (χ2n) is 4.53. The van der Waals surface area contributed by atoms with E-state index in [2.05, 4.69) is 12.0 Å². The quantitative estimate of drug-likeness (QED) is 0.811. The van der Waals surface area contributed by atoms with Crippen molar-refractivity contribution in [2.45, 2.75) is 34.1 Å². The monoisotopic (exact) mass is 242 g/mol. The van der Waals surface area contributed by atoms with Crippen LogP contribution in [0.15, 0.2) is 24.3 Å². The van der Waals surface area contributed by atoms with Gasteiger partial charge in [0.15, 0.2) is 0 Å². The van der Waals surface area contributed by atoms with Crippen LogP contribution in [-0.2, 0) is 6.42 Å². The summed E-state index contributed by atoms with van der Waals surface area (Å²) in [7, 11) is 0. The zero-order valence-corrected chi connectivity index (χ0v) is 11.3. The van der Waals surface area contributed by atoms with Crippen LogP contribution in [0.4, 0.5) is 0 Å². The molecular weight excluding hydrogens is 224 g/mol. The first-order valence-electron chi connectivity index (χ1n) is 6.21. The lowest BCUT2D eigenvalue weighted by atomic mass is 10.1. The van der Waals surface area contributed by atoms with Gasteiger partial charge in [-0.3, -0.25) is 4.79 Å². The summed E-state index contributed by atoms with van der Waals surface area (Å²) < 4.78 is 1.52. The van der Waals surface area contributed by atoms with Crippen molar-refractivity contribution < 1.29 is 4.79 Å². The van der Waals surface area contributed by atoms with Gasteiger partial charge in [0.05, 0.1) is 5.69 Å². The topological polar surface area (TPSA) is 34.9 Å². The number of nitrogens with zero attached hydrogens (tertiary/aromatic N) is 2. The standard InChI is InChI=1S/C15H18N2O/c1-5-13-11(3)16-17(12(13)4)15(18)14-9-7-6-8-10(14)2/h6-9H,5H2,1-4H3. The first-order chi connectivity index (χ1) is 8.56. The molecule has 1 aromatic heterocycles. The number of carbonyl (C=O) groups excluding carboxylic acids is 1. The van der Waals surface area contributed by atoms with Gasteiger partial charge < -0.3 is 0 Å². The molecule has 0 aliphatic carbocycles. The van der Waals surface area contributed by atoms with E-state index in [1.807, 2.05) is 45.0 Å². The molecule has 0 aliphatic heterocycles. The maximum atomic E-state index is 12.5. The van der Waals surface area contributed by atoms with Gasteiger partial charge in [0.1, 0.15) is 0 Å². The van der Waals surface area contributed by atoms with Crippen LogP contribution < -0.4 is 0 Å². The van der Waals surface area contributed by atoms with Crippen molar-refractivity contribution in [3.8, 4) is 0 Å². The van der Waals surface area contributed by atoms with E-state index in [4.69, 9.17) is 0 Å². The molecule has 1 heterocycles. The molecule has 0 aliphatic rings. The van der Waals surface area contributed by atoms with Gasteiger partial charge in [-0.25, -0.2) is 4.68 Å². The molecule has 0 saturated heterocycles. The molecule has 0 unspecified atom stereocenters. The van der Waals surface area contributed by atoms with E-state index >= 15 is 0 Å². The first kappa shape index (κ1) is 12.6. The summed E-state index contributed by atoms with van der Waals surface area (Å²) >= 11 is 0. The molecule has 0 radical (unpaired) electrons. The van der Waals surface area contributed by atoms with Gasteiger partial charge in [-0.1, -0.05) is 25.1 Å². The van der Waals surface area contributed by atoms with Gasteiger partial charge in [0, 0.05) is 11.3 Å². The van der Waals surface area contributed by atoms with Gasteiger partial charge >= 0.3 is 0 Å². The number of carbonyl (C=O) groups is 1. The SMILES string of the molecule is CCc1c(C)nn(C(=O)c2ccccc2C)c1C. The van der Waals surface area contributed by atoms with E-state index in [9.17, 15) is 4.79 Å². The van der Waals surface area contributed by atoms with E-state index in [0.29, 0.717) is 5.56 Å². The van der Waals surface area contributed by atoms with Gasteiger partial charge in [0.2, 0.25) is 0 Å². The summed E-state index contributed by atoms with van der Waals surface area (Å²) in [5.74, 6) is -0.0478. The van der Waals surface area contributed by atoms with E-state index in [1.54, 1.807) is 0 Å². The zero-order chi connectivity index (χ0) is 13.3. The van der Waals surface area contributed by atoms with E-state index in [-0.39, 0.29) is 5.91 Å². The van der Waals surface area contributed by atoms with Crippen molar-refractivity contribution in [2.75, 3.05) is 0 Å². The van der Waals surface area contributed by atoms with E-state index < -0.39 is 0 Å². The van der Waals surface area contributed by atoms with Crippen LogP contribution in [0.25, 0.3) is 0 Å². The number of aromatic nitrogens is 2. The highest BCUT2D eigenvalue weighted by atomic mass is 16.2. The molecule has 0 saturated carbocycles. The second-order valence-corrected chi connectivity index (χ2v) is 4.53. The summed E-state index contributed by atoms with van der Waals surface area (Å²) in [5.41, 5.74) is 4.75. The molecule has 0 fully saturated rings. The Morgan fingerprint density at radius 3 is 2.44 bits per heavy atom. The molecule has 0 amide bonds. The highest BCUT2D eigenvalue weighted by Crippen LogP contribution is 2.16. The van der Waals surface area contributed by atoms with Crippen LogP contribution in [-0.4, -0.2) is 15.7 Å². The summed E-state index contributed by atoms with van der Waals surface area (Å²) in [4.78, 5) is 12.5. The molecular formula is C15H18N2O. The molecule has 2 aromatic rings. The summed E-state index contributed by atoms with van der Waals surface area (Å²) in [5, 5.41) is 4.37. The molecule has 94 valence electrons. The fourth-order valence-corrected chi connectivity index (χ4v) is 2.31. The molecule has 0 bridgehead atoms. The van der Waals surface area contributed by atoms with Crippen LogP contribution in [0.5, 0.6) is 0 Å². The van der Waals surface area contributed by atoms with Crippen molar-refractivity contribution in [3.05, 3.63) is 52.3 Å². The Labute approximate surface area is 107 Å². The van der Waals surface area contributed by atoms with Crippen LogP contribution >= 0.6 is 0 Å². The highest BCUT2D eigenvalue weighted by molar-refractivity contribution is 5.97. The van der Waals surface area contributed by atoms with Crippen molar-refractivity contribution >= 4 is 5.91 Å². The fraction of sp³-hybridized carbons (Fsp3) is 0.333. The minimum absolute atomic E-state index is 0.0478. The van der Waals surface area contributed by atoms with Gasteiger partial charge in [-0.2, -0.15) is 5.10 Å². The molecule has 0 spiro atoms. The Kier molecular flexibility index (Phi) is 3.32. The molecule has 2 rings (SSSR count). The number of hydrogen-bond donors (Lipinski definition) is 0. The van der Waals surface area contributed by atoms with Crippen LogP contribution in [0.3, 0.4) is 0 Å². The number of benzene rings is 1. The minimum atomic E-state index is -0.0478. The lowest BCUT2D eigenvalue weighted by Gasteiger charge is -2.06. The van der Waals surface area contributed by atoms with Crippen LogP contribution in [0.2, 0.25) is 0 Å². The molecule has 3 heteroatoms. The third-order valence-electron chi connectivity index (χ3n) is 3.36. The van der Waals surface area contributed by atoms with Crippen molar-refractivity contribution in [2.24, 2.45) is 0 Å². The number of aryl methyl sites for hydroxylation is 2. The molecule has 18 heavy (non-hydrogen) atoms. The fourth-order valence-electron chi connectivity index (χ4n) is 2.31. The predicted molar refractivity (Wildman–Crippen MR) is 72.0 cm³/mol. The third kappa shape index (κ3) is 1.96. The Balaban J connectivity index is 2.51. The predicted octanol–water partition coefficient (Wildman–Crippen LogP) is 3.06. The summed E-state index contributed by atoms with van der Waals surface area (Å²) in [6, 6.07) is 7.61. The summed E-state index contributed by atoms with van der Waals surface area (Å²) in [6.07, 6.45) is 0.902. The maximum Gasteiger partial charge on any atom is 0.278 e. The largest absolute Gasteiger partial charge is 0.278 e. The lowest BCUT2D eigenvalue weighted by Crippen LogP contribution is -2.16. The molecule has 3 nitrogen and oxygen atoms in total. The molecule has 1 aromatic carbocycles. The first-order valence-corrected chi connectivity index (χ1v) is 6.21. The van der Waals surface area contributed by atoms with Crippen molar-refractivity contribution in [1.82, 2.24) is 9.78 Å². The zero-order valence-electron chi connectivity index (χ0n) is 11.3. The van der Waals surface area contributed by atoms with E-state index in [0.717, 1.165) is 28.9 Å². The third-order valence-corrected chi connectivity index (χ3v) is 3.36. The average Bonchev–Trinajstić information content (AvgIpc) is 2.64. The average molecular weight is 242 g/mol. The van der Waals surface area contributed by atoms with Gasteiger partial charge in [-0.15, -0.1) is 0 Å². The van der Waals surface area contributed by atoms with Crippen LogP contribution in [0.1, 0.15) is 39.8 Å². The molecule has 0 N–H and O–H groups in total. The Bertz CT molecular complexity index is 597. The Morgan fingerprint density at radius 2 is 1.89 bits per heavy atom. The van der Waals surface area contributed by atoms with Crippen molar-refractivity contribution in [1.29, 1.82) is 0 Å². The van der Waals surface area contributed by atoms with Gasteiger partial charge in [0.25, 0.3) is 5.91 Å². The summed E-state index contributed by atoms with van der Waals surface area (Å²) in [6.45, 7) is 7.93. The number of hydrogen-bond acceptors (Lipinski definition) is 2. The second kappa shape index (κ2) is 4.77. The number of rotatable bonds is 2. The Hall–Kier alpha value is -1.90. The van der Waals surface area contributed by atoms with Gasteiger partial charge in [-0.05, 0) is 44.4 Å². The maximum absolute atomic E-state index is 12.5. The highest BCUT2D eigenvalue weighted by Gasteiger charge is 2.17.